The van der Waals surface area contributed by atoms with Crippen LogP contribution in [0.15, 0.2) is 0 Å². The number of rotatable bonds is 3. The van der Waals surface area contributed by atoms with Gasteiger partial charge in [-0.25, -0.2) is 0 Å². The molecule has 0 aromatic heterocycles. The minimum absolute atomic E-state index is 0.00393. The first kappa shape index (κ1) is 15.3. The summed E-state index contributed by atoms with van der Waals surface area (Å²) in [7, 11) is 0. The van der Waals surface area contributed by atoms with E-state index in [0.717, 1.165) is 12.8 Å². The first-order valence-electron chi connectivity index (χ1n) is 7.98. The zero-order valence-electron chi connectivity index (χ0n) is 13.4. The highest BCUT2D eigenvalue weighted by molar-refractivity contribution is 5.99. The van der Waals surface area contributed by atoms with Crippen LogP contribution < -0.4 is 5.32 Å². The summed E-state index contributed by atoms with van der Waals surface area (Å²) in [4.78, 5) is 27.0. The molecule has 2 fully saturated rings. The van der Waals surface area contributed by atoms with Crippen LogP contribution in [0.2, 0.25) is 0 Å². The zero-order chi connectivity index (χ0) is 15.1. The number of hydrogen-bond donors (Lipinski definition) is 1. The Morgan fingerprint density at radius 2 is 1.85 bits per heavy atom. The van der Waals surface area contributed by atoms with E-state index in [-0.39, 0.29) is 23.9 Å². The summed E-state index contributed by atoms with van der Waals surface area (Å²) in [5, 5.41) is 2.87. The zero-order valence-corrected chi connectivity index (χ0v) is 13.4. The molecule has 0 spiro atoms. The second-order valence-corrected chi connectivity index (χ2v) is 6.92. The van der Waals surface area contributed by atoms with Crippen LogP contribution in [0.25, 0.3) is 0 Å². The van der Waals surface area contributed by atoms with Crippen molar-refractivity contribution in [3.05, 3.63) is 0 Å². The molecule has 0 bridgehead atoms. The molecule has 1 saturated heterocycles. The summed E-state index contributed by atoms with van der Waals surface area (Å²) < 4.78 is 0. The highest BCUT2D eigenvalue weighted by atomic mass is 16.2. The fourth-order valence-corrected chi connectivity index (χ4v) is 3.99. The van der Waals surface area contributed by atoms with Crippen LogP contribution >= 0.6 is 0 Å². The van der Waals surface area contributed by atoms with Crippen LogP contribution in [0.1, 0.15) is 60.3 Å². The van der Waals surface area contributed by atoms with Gasteiger partial charge in [0.15, 0.2) is 0 Å². The predicted octanol–water partition coefficient (Wildman–Crippen LogP) is 2.33. The molecule has 2 amide bonds. The van der Waals surface area contributed by atoms with Gasteiger partial charge in [-0.2, -0.15) is 0 Å². The topological polar surface area (TPSA) is 49.4 Å². The van der Waals surface area contributed by atoms with Gasteiger partial charge < -0.3 is 10.2 Å². The maximum absolute atomic E-state index is 12.8. The van der Waals surface area contributed by atoms with E-state index < -0.39 is 5.54 Å². The molecule has 4 heteroatoms. The van der Waals surface area contributed by atoms with Gasteiger partial charge in [-0.05, 0) is 44.9 Å². The summed E-state index contributed by atoms with van der Waals surface area (Å²) in [6, 6.07) is -0.0682. The average Bonchev–Trinajstić information content (AvgIpc) is 2.74. The van der Waals surface area contributed by atoms with Crippen LogP contribution in [0.3, 0.4) is 0 Å². The molecular weight excluding hydrogens is 252 g/mol. The molecule has 1 aliphatic heterocycles. The lowest BCUT2D eigenvalue weighted by Gasteiger charge is -2.47. The summed E-state index contributed by atoms with van der Waals surface area (Å²) in [6.45, 7) is 10.1. The van der Waals surface area contributed by atoms with Crippen LogP contribution in [0, 0.1) is 11.8 Å². The van der Waals surface area contributed by atoms with Crippen LogP contribution in [0.4, 0.5) is 0 Å². The Morgan fingerprint density at radius 1 is 1.20 bits per heavy atom. The van der Waals surface area contributed by atoms with E-state index in [1.165, 1.54) is 6.42 Å². The van der Waals surface area contributed by atoms with Crippen LogP contribution in [0.5, 0.6) is 0 Å². The predicted molar refractivity (Wildman–Crippen MR) is 79.1 cm³/mol. The third kappa shape index (κ3) is 2.33. The fraction of sp³-hybridized carbons (Fsp3) is 0.875. The Hall–Kier alpha value is -1.06. The summed E-state index contributed by atoms with van der Waals surface area (Å²) in [6.07, 6.45) is 4.05. The molecule has 1 aliphatic carbocycles. The van der Waals surface area contributed by atoms with Crippen molar-refractivity contribution in [1.82, 2.24) is 10.2 Å². The first-order valence-corrected chi connectivity index (χ1v) is 7.98. The maximum atomic E-state index is 12.8. The molecule has 2 rings (SSSR count). The van der Waals surface area contributed by atoms with E-state index in [1.54, 1.807) is 0 Å². The van der Waals surface area contributed by atoms with E-state index >= 15 is 0 Å². The van der Waals surface area contributed by atoms with Crippen molar-refractivity contribution in [3.8, 4) is 0 Å². The second kappa shape index (κ2) is 5.38. The van der Waals surface area contributed by atoms with Crippen molar-refractivity contribution in [1.29, 1.82) is 0 Å². The van der Waals surface area contributed by atoms with Gasteiger partial charge in [0.2, 0.25) is 11.8 Å². The molecule has 0 radical (unpaired) electrons. The van der Waals surface area contributed by atoms with Crippen LogP contribution in [-0.2, 0) is 9.59 Å². The number of amides is 2. The molecule has 1 N–H and O–H groups in total. The first-order chi connectivity index (χ1) is 9.33. The lowest BCUT2D eigenvalue weighted by atomic mass is 9.88. The van der Waals surface area contributed by atoms with E-state index in [1.807, 2.05) is 25.7 Å². The lowest BCUT2D eigenvalue weighted by Crippen LogP contribution is -2.70. The number of nitrogens with zero attached hydrogens (tertiary/aromatic N) is 1. The van der Waals surface area contributed by atoms with Gasteiger partial charge in [-0.15, -0.1) is 0 Å². The molecule has 0 aromatic rings. The van der Waals surface area contributed by atoms with E-state index in [0.29, 0.717) is 18.3 Å². The molecule has 114 valence electrons. The smallest absolute Gasteiger partial charge is 0.248 e. The van der Waals surface area contributed by atoms with Gasteiger partial charge in [0, 0.05) is 6.04 Å². The van der Waals surface area contributed by atoms with E-state index in [2.05, 4.69) is 19.2 Å². The lowest BCUT2D eigenvalue weighted by molar-refractivity contribution is -0.157. The Balaban J connectivity index is 2.30. The van der Waals surface area contributed by atoms with Crippen molar-refractivity contribution in [2.24, 2.45) is 11.8 Å². The number of hydrogen-bond acceptors (Lipinski definition) is 2. The van der Waals surface area contributed by atoms with Gasteiger partial charge in [0.1, 0.15) is 11.6 Å². The summed E-state index contributed by atoms with van der Waals surface area (Å²) in [5.74, 6) is 1.25. The van der Waals surface area contributed by atoms with Crippen molar-refractivity contribution in [3.63, 3.8) is 0 Å². The molecule has 1 saturated carbocycles. The Bertz CT molecular complexity index is 405. The number of piperazine rings is 1. The van der Waals surface area contributed by atoms with Gasteiger partial charge >= 0.3 is 0 Å². The Labute approximate surface area is 122 Å². The molecule has 4 nitrogen and oxygen atoms in total. The van der Waals surface area contributed by atoms with E-state index in [4.69, 9.17) is 0 Å². The third-order valence-electron chi connectivity index (χ3n) is 5.30. The number of carbonyl (C=O) groups is 2. The van der Waals surface area contributed by atoms with Crippen molar-refractivity contribution >= 4 is 11.8 Å². The average molecular weight is 280 g/mol. The Morgan fingerprint density at radius 3 is 2.35 bits per heavy atom. The third-order valence-corrected chi connectivity index (χ3v) is 5.30. The molecule has 1 heterocycles. The summed E-state index contributed by atoms with van der Waals surface area (Å²) in [5.41, 5.74) is -0.771. The van der Waals surface area contributed by atoms with Gasteiger partial charge in [0.05, 0.1) is 0 Å². The van der Waals surface area contributed by atoms with Gasteiger partial charge in [-0.1, -0.05) is 27.2 Å². The monoisotopic (exact) mass is 280 g/mol. The number of carbonyl (C=O) groups excluding carboxylic acids is 2. The standard InChI is InChI=1S/C16H28N2O2/c1-6-11-8-9-13(10(11)3)18-12(7-2)14(19)17-16(4,5)15(18)20/h10-13H,6-9H2,1-5H3,(H,17,19). The summed E-state index contributed by atoms with van der Waals surface area (Å²) >= 11 is 0. The quantitative estimate of drug-likeness (QED) is 0.862. The Kier molecular flexibility index (Phi) is 4.12. The normalized spacial score (nSPS) is 37.1. The molecule has 20 heavy (non-hydrogen) atoms. The largest absolute Gasteiger partial charge is 0.340 e. The van der Waals surface area contributed by atoms with Gasteiger partial charge in [0.25, 0.3) is 0 Å². The molecule has 0 aromatic carbocycles. The van der Waals surface area contributed by atoms with Crippen molar-refractivity contribution < 1.29 is 9.59 Å². The van der Waals surface area contributed by atoms with Crippen LogP contribution in [-0.4, -0.2) is 34.3 Å². The highest BCUT2D eigenvalue weighted by Crippen LogP contribution is 2.39. The van der Waals surface area contributed by atoms with Crippen molar-refractivity contribution in [2.75, 3.05) is 0 Å². The molecule has 2 aliphatic rings. The maximum Gasteiger partial charge on any atom is 0.248 e. The minimum Gasteiger partial charge on any atom is -0.340 e. The second-order valence-electron chi connectivity index (χ2n) is 6.92. The van der Waals surface area contributed by atoms with E-state index in [9.17, 15) is 9.59 Å². The fourth-order valence-electron chi connectivity index (χ4n) is 3.99. The SMILES string of the molecule is CCC1CCC(N2C(=O)C(C)(C)NC(=O)C2CC)C1C. The van der Waals surface area contributed by atoms with Crippen molar-refractivity contribution in [2.45, 2.75) is 77.9 Å². The molecular formula is C16H28N2O2. The van der Waals surface area contributed by atoms with Gasteiger partial charge in [-0.3, -0.25) is 9.59 Å². The number of nitrogens with one attached hydrogen (secondary N) is 1. The highest BCUT2D eigenvalue weighted by Gasteiger charge is 2.50. The minimum atomic E-state index is -0.771. The molecule has 4 atom stereocenters. The molecule has 4 unspecified atom stereocenters.